The molecule has 2 atom stereocenters. The van der Waals surface area contributed by atoms with Gasteiger partial charge in [0.05, 0.1) is 5.92 Å². The molecule has 0 aromatic heterocycles. The molecule has 2 aliphatic rings. The van der Waals surface area contributed by atoms with E-state index in [2.05, 4.69) is 0 Å². The second kappa shape index (κ2) is 6.21. The zero-order valence-corrected chi connectivity index (χ0v) is 11.2. The van der Waals surface area contributed by atoms with Gasteiger partial charge < -0.3 is 9.64 Å². The van der Waals surface area contributed by atoms with Crippen LogP contribution in [0.4, 0.5) is 0 Å². The molecular weight excluding hydrogens is 230 g/mol. The highest BCUT2D eigenvalue weighted by molar-refractivity contribution is 5.86. The van der Waals surface area contributed by atoms with Crippen LogP contribution in [0.1, 0.15) is 58.3 Å². The Kier molecular flexibility index (Phi) is 4.61. The van der Waals surface area contributed by atoms with Gasteiger partial charge in [0.2, 0.25) is 5.91 Å². The Morgan fingerprint density at radius 2 is 2.00 bits per heavy atom. The van der Waals surface area contributed by atoms with Gasteiger partial charge in [-0.1, -0.05) is 32.6 Å². The third-order valence-electron chi connectivity index (χ3n) is 4.05. The van der Waals surface area contributed by atoms with Gasteiger partial charge in [-0.05, 0) is 19.3 Å². The van der Waals surface area contributed by atoms with E-state index < -0.39 is 0 Å². The number of rotatable bonds is 4. The average molecular weight is 253 g/mol. The number of β-lactam (4-membered cyclic amide) rings is 1. The maximum atomic E-state index is 12.0. The summed E-state index contributed by atoms with van der Waals surface area (Å²) in [6, 6.07) is 0.326. The molecule has 2 rings (SSSR count). The molecular formula is C14H23NO3. The van der Waals surface area contributed by atoms with Gasteiger partial charge in [-0.15, -0.1) is 0 Å². The van der Waals surface area contributed by atoms with E-state index in [1.807, 2.05) is 6.92 Å². The Hall–Kier alpha value is -1.06. The molecule has 18 heavy (non-hydrogen) atoms. The van der Waals surface area contributed by atoms with E-state index in [9.17, 15) is 9.59 Å². The van der Waals surface area contributed by atoms with Crippen molar-refractivity contribution in [3.8, 4) is 0 Å². The first-order valence-corrected chi connectivity index (χ1v) is 7.20. The number of carbonyl (C=O) groups is 2. The van der Waals surface area contributed by atoms with Crippen LogP contribution >= 0.6 is 0 Å². The quantitative estimate of drug-likeness (QED) is 0.571. The molecule has 1 amide bonds. The summed E-state index contributed by atoms with van der Waals surface area (Å²) in [4.78, 5) is 25.0. The van der Waals surface area contributed by atoms with E-state index in [1.54, 1.807) is 4.90 Å². The van der Waals surface area contributed by atoms with Gasteiger partial charge in [-0.25, -0.2) is 0 Å². The average Bonchev–Trinajstić information content (AvgIpc) is 2.32. The molecule has 0 radical (unpaired) electrons. The lowest BCUT2D eigenvalue weighted by Gasteiger charge is -2.47. The lowest BCUT2D eigenvalue weighted by atomic mass is 9.79. The zero-order valence-electron chi connectivity index (χ0n) is 11.2. The summed E-state index contributed by atoms with van der Waals surface area (Å²) >= 11 is 0. The first-order chi connectivity index (χ1) is 8.74. The molecule has 1 heterocycles. The molecule has 1 saturated heterocycles. The highest BCUT2D eigenvalue weighted by atomic mass is 16.5. The van der Waals surface area contributed by atoms with Crippen molar-refractivity contribution in [2.75, 3.05) is 6.73 Å². The fourth-order valence-electron chi connectivity index (χ4n) is 3.00. The molecule has 0 aromatic rings. The lowest BCUT2D eigenvalue weighted by Crippen LogP contribution is -2.61. The molecule has 1 aliphatic carbocycles. The number of carbonyl (C=O) groups excluding carboxylic acids is 2. The van der Waals surface area contributed by atoms with E-state index >= 15 is 0 Å². The minimum atomic E-state index is -0.195. The van der Waals surface area contributed by atoms with E-state index in [0.29, 0.717) is 12.5 Å². The van der Waals surface area contributed by atoms with Crippen LogP contribution in [0, 0.1) is 5.92 Å². The molecule has 4 heteroatoms. The molecule has 0 unspecified atom stereocenters. The molecule has 1 saturated carbocycles. The molecule has 4 nitrogen and oxygen atoms in total. The predicted octanol–water partition coefficient (Wildman–Crippen LogP) is 2.47. The third kappa shape index (κ3) is 2.85. The van der Waals surface area contributed by atoms with Crippen LogP contribution in [0.2, 0.25) is 0 Å². The van der Waals surface area contributed by atoms with Crippen LogP contribution in [0.5, 0.6) is 0 Å². The van der Waals surface area contributed by atoms with Crippen molar-refractivity contribution in [2.45, 2.75) is 64.3 Å². The normalized spacial score (nSPS) is 27.8. The van der Waals surface area contributed by atoms with E-state index in [1.165, 1.54) is 19.3 Å². The van der Waals surface area contributed by atoms with Crippen LogP contribution in [-0.2, 0) is 14.3 Å². The minimum Gasteiger partial charge on any atom is -0.444 e. The summed E-state index contributed by atoms with van der Waals surface area (Å²) in [6.45, 7) is 2.11. The minimum absolute atomic E-state index is 0.166. The highest BCUT2D eigenvalue weighted by Crippen LogP contribution is 2.36. The predicted molar refractivity (Wildman–Crippen MR) is 67.7 cm³/mol. The monoisotopic (exact) mass is 253 g/mol. The number of ether oxygens (including phenoxy) is 1. The van der Waals surface area contributed by atoms with Gasteiger partial charge in [0.1, 0.15) is 0 Å². The summed E-state index contributed by atoms with van der Waals surface area (Å²) in [6.07, 6.45) is 8.19. The van der Waals surface area contributed by atoms with Gasteiger partial charge in [0.25, 0.3) is 0 Å². The fourth-order valence-corrected chi connectivity index (χ4v) is 3.00. The van der Waals surface area contributed by atoms with Gasteiger partial charge in [0.15, 0.2) is 6.73 Å². The number of likely N-dealkylation sites (tertiary alicyclic amines) is 1. The Balaban J connectivity index is 1.82. The summed E-state index contributed by atoms with van der Waals surface area (Å²) in [5, 5.41) is 0. The Morgan fingerprint density at radius 1 is 1.28 bits per heavy atom. The van der Waals surface area contributed by atoms with Crippen LogP contribution in [0.25, 0.3) is 0 Å². The Bertz CT molecular complexity index is 316. The van der Waals surface area contributed by atoms with Crippen LogP contribution in [-0.4, -0.2) is 29.5 Å². The Morgan fingerprint density at radius 3 is 2.72 bits per heavy atom. The third-order valence-corrected chi connectivity index (χ3v) is 4.05. The molecule has 1 aliphatic heterocycles. The first-order valence-electron chi connectivity index (χ1n) is 7.20. The maximum absolute atomic E-state index is 12.0. The summed E-state index contributed by atoms with van der Waals surface area (Å²) in [7, 11) is 0. The lowest BCUT2D eigenvalue weighted by molar-refractivity contribution is -0.174. The smallest absolute Gasteiger partial charge is 0.307 e. The second-order valence-corrected chi connectivity index (χ2v) is 5.37. The van der Waals surface area contributed by atoms with Gasteiger partial charge >= 0.3 is 5.97 Å². The molecule has 102 valence electrons. The SMILES string of the molecule is CCCC(=O)OCN1C(=O)[C@@H]2CCCCCC[C@@H]21. The number of nitrogens with zero attached hydrogens (tertiary/aromatic N) is 1. The van der Waals surface area contributed by atoms with Crippen LogP contribution in [0.3, 0.4) is 0 Å². The number of esters is 1. The van der Waals surface area contributed by atoms with Gasteiger partial charge in [0, 0.05) is 12.5 Å². The van der Waals surface area contributed by atoms with Gasteiger partial charge in [-0.2, -0.15) is 0 Å². The zero-order chi connectivity index (χ0) is 13.0. The second-order valence-electron chi connectivity index (χ2n) is 5.37. The standard InChI is InChI=1S/C14H23NO3/c1-2-7-13(16)18-10-15-12-9-6-4-3-5-8-11(12)14(15)17/h11-12H,2-10H2,1H3/t11-,12+/m1/s1. The van der Waals surface area contributed by atoms with Crippen molar-refractivity contribution < 1.29 is 14.3 Å². The molecule has 0 bridgehead atoms. The van der Waals surface area contributed by atoms with E-state index in [0.717, 1.165) is 25.7 Å². The van der Waals surface area contributed by atoms with Crippen molar-refractivity contribution in [1.82, 2.24) is 4.90 Å². The number of amides is 1. The summed E-state index contributed by atoms with van der Waals surface area (Å²) in [5.74, 6) is 0.195. The van der Waals surface area contributed by atoms with Crippen molar-refractivity contribution in [3.63, 3.8) is 0 Å². The number of fused-ring (bicyclic) bond motifs is 1. The van der Waals surface area contributed by atoms with E-state index in [-0.39, 0.29) is 24.5 Å². The number of hydrogen-bond acceptors (Lipinski definition) is 3. The summed E-state index contributed by atoms with van der Waals surface area (Å²) in [5.41, 5.74) is 0. The van der Waals surface area contributed by atoms with Gasteiger partial charge in [-0.3, -0.25) is 9.59 Å². The number of hydrogen-bond donors (Lipinski definition) is 0. The highest BCUT2D eigenvalue weighted by Gasteiger charge is 2.46. The topological polar surface area (TPSA) is 46.6 Å². The molecule has 0 spiro atoms. The molecule has 2 fully saturated rings. The Labute approximate surface area is 109 Å². The van der Waals surface area contributed by atoms with Crippen molar-refractivity contribution in [1.29, 1.82) is 0 Å². The fraction of sp³-hybridized carbons (Fsp3) is 0.857. The van der Waals surface area contributed by atoms with Crippen molar-refractivity contribution in [3.05, 3.63) is 0 Å². The molecule has 0 aromatic carbocycles. The van der Waals surface area contributed by atoms with Crippen LogP contribution in [0.15, 0.2) is 0 Å². The van der Waals surface area contributed by atoms with Crippen molar-refractivity contribution >= 4 is 11.9 Å². The van der Waals surface area contributed by atoms with Crippen molar-refractivity contribution in [2.24, 2.45) is 5.92 Å². The van der Waals surface area contributed by atoms with E-state index in [4.69, 9.17) is 4.74 Å². The largest absolute Gasteiger partial charge is 0.444 e. The summed E-state index contributed by atoms with van der Waals surface area (Å²) < 4.78 is 5.14. The maximum Gasteiger partial charge on any atom is 0.307 e. The molecule has 0 N–H and O–H groups in total. The van der Waals surface area contributed by atoms with Crippen LogP contribution < -0.4 is 0 Å². The first kappa shape index (κ1) is 13.4.